The molecule has 0 aliphatic carbocycles. The van der Waals surface area contributed by atoms with Crippen molar-refractivity contribution < 1.29 is 4.39 Å². The molecule has 82 valence electrons. The molecule has 1 aliphatic rings. The predicted molar refractivity (Wildman–Crippen MR) is 61.7 cm³/mol. The van der Waals surface area contributed by atoms with Crippen LogP contribution in [0.1, 0.15) is 23.6 Å². The number of hydrogen-bond acceptors (Lipinski definition) is 3. The van der Waals surface area contributed by atoms with Crippen LogP contribution in [0.25, 0.3) is 0 Å². The zero-order valence-corrected chi connectivity index (χ0v) is 9.61. The van der Waals surface area contributed by atoms with Crippen molar-refractivity contribution in [1.82, 2.24) is 4.31 Å². The molecule has 1 aromatic carbocycles. The molecule has 0 spiro atoms. The van der Waals surface area contributed by atoms with Crippen molar-refractivity contribution in [2.75, 3.05) is 6.54 Å². The Bertz CT molecular complexity index is 368. The summed E-state index contributed by atoms with van der Waals surface area (Å²) >= 11 is 1.24. The summed E-state index contributed by atoms with van der Waals surface area (Å²) in [5.41, 5.74) is 3.18. The van der Waals surface area contributed by atoms with Gasteiger partial charge in [0.2, 0.25) is 0 Å². The van der Waals surface area contributed by atoms with Crippen LogP contribution in [-0.2, 0) is 19.4 Å². The smallest absolute Gasteiger partial charge is 0.126 e. The Hall–Kier alpha value is -0.580. The normalized spacial score (nSPS) is 16.5. The topological polar surface area (TPSA) is 29.3 Å². The number of benzene rings is 1. The van der Waals surface area contributed by atoms with Crippen LogP contribution in [-0.4, -0.2) is 10.8 Å². The van der Waals surface area contributed by atoms with E-state index in [1.54, 1.807) is 6.07 Å². The van der Waals surface area contributed by atoms with Gasteiger partial charge < -0.3 is 0 Å². The van der Waals surface area contributed by atoms with Crippen LogP contribution in [0.5, 0.6) is 0 Å². The molecule has 2 N–H and O–H groups in total. The van der Waals surface area contributed by atoms with E-state index in [1.165, 1.54) is 17.7 Å². The zero-order chi connectivity index (χ0) is 10.8. The highest BCUT2D eigenvalue weighted by Crippen LogP contribution is 2.24. The number of rotatable bonds is 2. The highest BCUT2D eigenvalue weighted by atomic mass is 32.2. The number of nitrogens with two attached hydrogens (primary N) is 1. The van der Waals surface area contributed by atoms with Gasteiger partial charge in [-0.25, -0.2) is 8.70 Å². The summed E-state index contributed by atoms with van der Waals surface area (Å²) in [6.07, 6.45) is 1.72. The van der Waals surface area contributed by atoms with Crippen LogP contribution in [0.3, 0.4) is 0 Å². The Balaban J connectivity index is 2.32. The zero-order valence-electron chi connectivity index (χ0n) is 8.79. The molecule has 2 rings (SSSR count). The fourth-order valence-electron chi connectivity index (χ4n) is 1.97. The molecule has 1 heterocycles. The minimum Gasteiger partial charge on any atom is -0.264 e. The third kappa shape index (κ3) is 2.17. The third-order valence-electron chi connectivity index (χ3n) is 2.88. The molecule has 0 saturated heterocycles. The lowest BCUT2D eigenvalue weighted by molar-refractivity contribution is 0.441. The minimum atomic E-state index is -0.0832. The Morgan fingerprint density at radius 2 is 2.27 bits per heavy atom. The van der Waals surface area contributed by atoms with Crippen molar-refractivity contribution in [1.29, 1.82) is 0 Å². The lowest BCUT2D eigenvalue weighted by Crippen LogP contribution is -2.26. The summed E-state index contributed by atoms with van der Waals surface area (Å²) in [5, 5.41) is 5.50. The van der Waals surface area contributed by atoms with E-state index in [9.17, 15) is 4.39 Å². The molecule has 0 atom stereocenters. The van der Waals surface area contributed by atoms with Crippen molar-refractivity contribution >= 4 is 12.1 Å². The van der Waals surface area contributed by atoms with Gasteiger partial charge in [0, 0.05) is 25.2 Å². The minimum absolute atomic E-state index is 0.0832. The summed E-state index contributed by atoms with van der Waals surface area (Å²) < 4.78 is 15.6. The van der Waals surface area contributed by atoms with Crippen LogP contribution in [0.4, 0.5) is 4.39 Å². The summed E-state index contributed by atoms with van der Waals surface area (Å²) in [4.78, 5) is 0. The fourth-order valence-corrected chi connectivity index (χ4v) is 2.38. The fraction of sp³-hybridized carbons (Fsp3) is 0.455. The van der Waals surface area contributed by atoms with Gasteiger partial charge in [-0.05, 0) is 35.6 Å². The molecule has 0 fully saturated rings. The Morgan fingerprint density at radius 1 is 1.47 bits per heavy atom. The average Bonchev–Trinajstić information content (AvgIpc) is 2.27. The first-order chi connectivity index (χ1) is 7.24. The molecule has 1 aliphatic heterocycles. The largest absolute Gasteiger partial charge is 0.264 e. The van der Waals surface area contributed by atoms with Gasteiger partial charge in [0.05, 0.1) is 0 Å². The van der Waals surface area contributed by atoms with E-state index in [4.69, 9.17) is 5.14 Å². The maximum absolute atomic E-state index is 13.6. The predicted octanol–water partition coefficient (Wildman–Crippen LogP) is 2.27. The first-order valence-corrected chi connectivity index (χ1v) is 6.00. The van der Waals surface area contributed by atoms with E-state index < -0.39 is 0 Å². The van der Waals surface area contributed by atoms with Gasteiger partial charge in [0.15, 0.2) is 0 Å². The molecule has 0 bridgehead atoms. The van der Waals surface area contributed by atoms with Crippen LogP contribution in [0.15, 0.2) is 12.1 Å². The molecule has 0 unspecified atom stereocenters. The number of nitrogens with zero attached hydrogens (tertiary/aromatic N) is 1. The Morgan fingerprint density at radius 3 is 2.93 bits per heavy atom. The summed E-state index contributed by atoms with van der Waals surface area (Å²) in [6.45, 7) is 3.68. The quantitative estimate of drug-likeness (QED) is 0.784. The highest BCUT2D eigenvalue weighted by Gasteiger charge is 2.17. The highest BCUT2D eigenvalue weighted by molar-refractivity contribution is 7.94. The van der Waals surface area contributed by atoms with E-state index in [0.717, 1.165) is 37.1 Å². The van der Waals surface area contributed by atoms with Gasteiger partial charge in [-0.15, -0.1) is 0 Å². The molecule has 15 heavy (non-hydrogen) atoms. The third-order valence-corrected chi connectivity index (χ3v) is 3.49. The molecular formula is C11H15FN2S. The standard InChI is InChI=1S/C11H15FN2S/c1-2-8-5-9-3-4-14(15-13)7-10(9)6-11(8)12/h5-6H,2-4,7,13H2,1H3. The monoisotopic (exact) mass is 226 g/mol. The Kier molecular flexibility index (Phi) is 3.29. The summed E-state index contributed by atoms with van der Waals surface area (Å²) in [5.74, 6) is -0.0832. The van der Waals surface area contributed by atoms with Crippen LogP contribution >= 0.6 is 12.1 Å². The van der Waals surface area contributed by atoms with Crippen LogP contribution < -0.4 is 5.14 Å². The van der Waals surface area contributed by atoms with E-state index >= 15 is 0 Å². The second kappa shape index (κ2) is 4.51. The van der Waals surface area contributed by atoms with Crippen molar-refractivity contribution in [3.05, 3.63) is 34.6 Å². The van der Waals surface area contributed by atoms with Gasteiger partial charge in [-0.1, -0.05) is 13.0 Å². The number of fused-ring (bicyclic) bond motifs is 1. The average molecular weight is 226 g/mol. The maximum atomic E-state index is 13.6. The molecule has 0 amide bonds. The van der Waals surface area contributed by atoms with Crippen LogP contribution in [0.2, 0.25) is 0 Å². The number of aryl methyl sites for hydroxylation is 1. The van der Waals surface area contributed by atoms with E-state index in [-0.39, 0.29) is 5.82 Å². The van der Waals surface area contributed by atoms with E-state index in [2.05, 4.69) is 0 Å². The molecule has 0 saturated carbocycles. The van der Waals surface area contributed by atoms with Crippen LogP contribution in [0, 0.1) is 5.82 Å². The molecule has 4 heteroatoms. The SMILES string of the molecule is CCc1cc2c(cc1F)CN(SN)CC2. The van der Waals surface area contributed by atoms with E-state index in [0.29, 0.717) is 0 Å². The lowest BCUT2D eigenvalue weighted by atomic mass is 9.97. The van der Waals surface area contributed by atoms with Crippen molar-refractivity contribution in [3.63, 3.8) is 0 Å². The molecular weight excluding hydrogens is 211 g/mol. The van der Waals surface area contributed by atoms with Gasteiger partial charge in [-0.3, -0.25) is 5.14 Å². The molecule has 0 radical (unpaired) electrons. The van der Waals surface area contributed by atoms with Gasteiger partial charge in [0.1, 0.15) is 5.82 Å². The Labute approximate surface area is 93.9 Å². The van der Waals surface area contributed by atoms with Crippen molar-refractivity contribution in [3.8, 4) is 0 Å². The molecule has 2 nitrogen and oxygen atoms in total. The number of halogens is 1. The van der Waals surface area contributed by atoms with Gasteiger partial charge in [0.25, 0.3) is 0 Å². The molecule has 1 aromatic rings. The van der Waals surface area contributed by atoms with Gasteiger partial charge in [-0.2, -0.15) is 0 Å². The molecule has 0 aromatic heterocycles. The second-order valence-corrected chi connectivity index (χ2v) is 4.51. The number of hydrogen-bond donors (Lipinski definition) is 1. The van der Waals surface area contributed by atoms with Crippen molar-refractivity contribution in [2.24, 2.45) is 5.14 Å². The second-order valence-electron chi connectivity index (χ2n) is 3.78. The lowest BCUT2D eigenvalue weighted by Gasteiger charge is -2.26. The summed E-state index contributed by atoms with van der Waals surface area (Å²) in [7, 11) is 0. The summed E-state index contributed by atoms with van der Waals surface area (Å²) in [6, 6.07) is 3.67. The van der Waals surface area contributed by atoms with Gasteiger partial charge >= 0.3 is 0 Å². The van der Waals surface area contributed by atoms with E-state index in [1.807, 2.05) is 17.3 Å². The maximum Gasteiger partial charge on any atom is 0.126 e. The first-order valence-electron chi connectivity index (χ1n) is 5.16. The first kappa shape index (κ1) is 10.9. The van der Waals surface area contributed by atoms with Crippen molar-refractivity contribution in [2.45, 2.75) is 26.3 Å².